The summed E-state index contributed by atoms with van der Waals surface area (Å²) in [7, 11) is -2.48. The highest BCUT2D eigenvalue weighted by molar-refractivity contribution is 6.74. The Bertz CT molecular complexity index is 1550. The SMILES string of the molecule is Cc1cc(C(=O)O)c(F)cc1CN(C[C@H](O[Si](C)(C)C(C)(C)C)c1ccc(O)c2[nH]c(=O)ccc12)C(=O)OC(C)(C)C. The number of aromatic amines is 1. The van der Waals surface area contributed by atoms with Crippen molar-refractivity contribution in [1.82, 2.24) is 9.88 Å². The van der Waals surface area contributed by atoms with Gasteiger partial charge in [0, 0.05) is 18.0 Å². The zero-order valence-electron chi connectivity index (χ0n) is 25.7. The Labute approximate surface area is 246 Å². The molecular formula is C31H41FN2O7Si. The van der Waals surface area contributed by atoms with Crippen molar-refractivity contribution in [2.24, 2.45) is 0 Å². The number of rotatable bonds is 8. The van der Waals surface area contributed by atoms with Crippen LogP contribution in [0.4, 0.5) is 9.18 Å². The van der Waals surface area contributed by atoms with Gasteiger partial charge < -0.3 is 29.3 Å². The average Bonchev–Trinajstić information content (AvgIpc) is 2.83. The topological polar surface area (TPSA) is 129 Å². The second-order valence-corrected chi connectivity index (χ2v) is 17.8. The van der Waals surface area contributed by atoms with E-state index in [1.165, 1.54) is 23.1 Å². The first kappa shape index (κ1) is 32.8. The molecule has 3 rings (SSSR count). The van der Waals surface area contributed by atoms with Gasteiger partial charge in [-0.3, -0.25) is 4.79 Å². The molecule has 228 valence electrons. The molecular weight excluding hydrogens is 559 g/mol. The summed E-state index contributed by atoms with van der Waals surface area (Å²) in [6.07, 6.45) is -1.39. The van der Waals surface area contributed by atoms with E-state index in [0.29, 0.717) is 22.1 Å². The number of ether oxygens (including phenoxy) is 1. The number of aryl methyl sites for hydroxylation is 1. The Morgan fingerprint density at radius 2 is 1.71 bits per heavy atom. The third kappa shape index (κ3) is 7.57. The van der Waals surface area contributed by atoms with Crippen molar-refractivity contribution in [3.8, 4) is 5.75 Å². The summed E-state index contributed by atoms with van der Waals surface area (Å²) >= 11 is 0. The number of halogens is 1. The Morgan fingerprint density at radius 1 is 1.07 bits per heavy atom. The van der Waals surface area contributed by atoms with Crippen molar-refractivity contribution in [1.29, 1.82) is 0 Å². The lowest BCUT2D eigenvalue weighted by Gasteiger charge is -2.41. The Hall–Kier alpha value is -3.70. The molecule has 0 aliphatic rings. The number of hydrogen-bond donors (Lipinski definition) is 3. The Balaban J connectivity index is 2.18. The van der Waals surface area contributed by atoms with E-state index in [2.05, 4.69) is 38.8 Å². The second kappa shape index (κ2) is 11.9. The van der Waals surface area contributed by atoms with E-state index in [9.17, 15) is 29.0 Å². The molecule has 1 atom stereocenters. The van der Waals surface area contributed by atoms with Crippen LogP contribution in [0.25, 0.3) is 10.9 Å². The molecule has 0 radical (unpaired) electrons. The highest BCUT2D eigenvalue weighted by Gasteiger charge is 2.41. The van der Waals surface area contributed by atoms with Gasteiger partial charge in [0.15, 0.2) is 8.32 Å². The number of phenolic OH excluding ortho intramolecular Hbond substituents is 1. The molecule has 1 aromatic heterocycles. The molecule has 1 amide bonds. The van der Waals surface area contributed by atoms with E-state index < -0.39 is 43.5 Å². The number of aromatic nitrogens is 1. The van der Waals surface area contributed by atoms with Gasteiger partial charge in [0.05, 0.1) is 23.7 Å². The molecule has 3 N–H and O–H groups in total. The Kier molecular flexibility index (Phi) is 9.28. The molecule has 3 aromatic rings. The summed E-state index contributed by atoms with van der Waals surface area (Å²) in [5, 5.41) is 20.2. The van der Waals surface area contributed by atoms with Crippen LogP contribution in [0.1, 0.15) is 74.7 Å². The van der Waals surface area contributed by atoms with Gasteiger partial charge in [-0.25, -0.2) is 14.0 Å². The molecule has 0 bridgehead atoms. The summed E-state index contributed by atoms with van der Waals surface area (Å²) in [6.45, 7) is 17.2. The van der Waals surface area contributed by atoms with Crippen molar-refractivity contribution in [2.45, 2.75) is 84.8 Å². The standard InChI is InChI=1S/C31H41FN2O7Si/c1-18-14-22(28(37)38)23(32)15-19(18)16-34(29(39)40-30(2,3)4)17-25(41-42(8,9)31(5,6)7)20-10-12-24(35)27-21(20)11-13-26(36)33-27/h10-15,25,35H,16-17H2,1-9H3,(H,33,36)(H,37,38)/t25-/m0/s1. The highest BCUT2D eigenvalue weighted by atomic mass is 28.4. The van der Waals surface area contributed by atoms with Crippen molar-refractivity contribution in [3.63, 3.8) is 0 Å². The maximum Gasteiger partial charge on any atom is 0.410 e. The van der Waals surface area contributed by atoms with Gasteiger partial charge in [-0.15, -0.1) is 0 Å². The zero-order chi connectivity index (χ0) is 31.8. The number of phenols is 1. The zero-order valence-corrected chi connectivity index (χ0v) is 26.7. The van der Waals surface area contributed by atoms with Crippen molar-refractivity contribution in [2.75, 3.05) is 6.54 Å². The number of carbonyl (C=O) groups is 2. The monoisotopic (exact) mass is 600 g/mol. The molecule has 0 saturated carbocycles. The van der Waals surface area contributed by atoms with Crippen LogP contribution >= 0.6 is 0 Å². The number of fused-ring (bicyclic) bond motifs is 1. The lowest BCUT2D eigenvalue weighted by molar-refractivity contribution is 0.0136. The number of pyridine rings is 1. The molecule has 0 spiro atoms. The number of benzene rings is 2. The number of aromatic carboxylic acids is 1. The van der Waals surface area contributed by atoms with Gasteiger partial charge in [0.2, 0.25) is 5.56 Å². The van der Waals surface area contributed by atoms with E-state index in [0.717, 1.165) is 6.07 Å². The fourth-order valence-corrected chi connectivity index (χ4v) is 5.53. The maximum absolute atomic E-state index is 14.7. The molecule has 42 heavy (non-hydrogen) atoms. The van der Waals surface area contributed by atoms with Crippen LogP contribution in [0, 0.1) is 12.7 Å². The quantitative estimate of drug-likeness (QED) is 0.240. The van der Waals surface area contributed by atoms with E-state index in [-0.39, 0.29) is 35.0 Å². The van der Waals surface area contributed by atoms with Crippen LogP contribution in [0.15, 0.2) is 41.2 Å². The van der Waals surface area contributed by atoms with Gasteiger partial charge in [0.25, 0.3) is 0 Å². The Morgan fingerprint density at radius 3 is 2.29 bits per heavy atom. The van der Waals surface area contributed by atoms with E-state index in [1.54, 1.807) is 39.8 Å². The molecule has 2 aromatic carbocycles. The summed E-state index contributed by atoms with van der Waals surface area (Å²) in [5.74, 6) is -2.40. The van der Waals surface area contributed by atoms with Crippen LogP contribution in [-0.2, 0) is 15.7 Å². The van der Waals surface area contributed by atoms with Crippen LogP contribution < -0.4 is 5.56 Å². The fraction of sp³-hybridized carbons (Fsp3) is 0.452. The lowest BCUT2D eigenvalue weighted by atomic mass is 10.0. The van der Waals surface area contributed by atoms with Gasteiger partial charge >= 0.3 is 12.1 Å². The number of amides is 1. The first-order valence-corrected chi connectivity index (χ1v) is 16.6. The smallest absolute Gasteiger partial charge is 0.410 e. The minimum Gasteiger partial charge on any atom is -0.506 e. The van der Waals surface area contributed by atoms with Gasteiger partial charge in [0.1, 0.15) is 17.2 Å². The van der Waals surface area contributed by atoms with E-state index in [1.807, 2.05) is 0 Å². The molecule has 9 nitrogen and oxygen atoms in total. The predicted octanol–water partition coefficient (Wildman–Crippen LogP) is 6.88. The number of hydrogen-bond acceptors (Lipinski definition) is 6. The van der Waals surface area contributed by atoms with Gasteiger partial charge in [-0.05, 0) is 86.8 Å². The van der Waals surface area contributed by atoms with Crippen molar-refractivity contribution >= 4 is 31.3 Å². The van der Waals surface area contributed by atoms with Crippen molar-refractivity contribution in [3.05, 3.63) is 74.8 Å². The van der Waals surface area contributed by atoms with E-state index in [4.69, 9.17) is 9.16 Å². The normalized spacial score (nSPS) is 13.2. The first-order chi connectivity index (χ1) is 19.2. The number of aromatic hydroxyl groups is 1. The number of carboxylic acid groups (broad SMARTS) is 1. The number of carbonyl (C=O) groups excluding carboxylic acids is 1. The molecule has 11 heteroatoms. The van der Waals surface area contributed by atoms with Crippen LogP contribution in [0.5, 0.6) is 5.75 Å². The van der Waals surface area contributed by atoms with E-state index >= 15 is 0 Å². The third-order valence-corrected chi connectivity index (χ3v) is 12.0. The minimum atomic E-state index is -2.48. The van der Waals surface area contributed by atoms with Gasteiger partial charge in [-0.1, -0.05) is 26.8 Å². The summed E-state index contributed by atoms with van der Waals surface area (Å²) < 4.78 is 27.4. The summed E-state index contributed by atoms with van der Waals surface area (Å²) in [4.78, 5) is 41.2. The number of carboxylic acids is 1. The number of nitrogens with one attached hydrogen (secondary N) is 1. The van der Waals surface area contributed by atoms with Crippen molar-refractivity contribution < 1.29 is 33.4 Å². The summed E-state index contributed by atoms with van der Waals surface area (Å²) in [6, 6.07) is 8.50. The largest absolute Gasteiger partial charge is 0.506 e. The second-order valence-electron chi connectivity index (χ2n) is 13.1. The number of nitrogens with zero attached hydrogens (tertiary/aromatic N) is 1. The first-order valence-electron chi connectivity index (χ1n) is 13.7. The van der Waals surface area contributed by atoms with Crippen LogP contribution in [0.2, 0.25) is 18.1 Å². The molecule has 1 heterocycles. The molecule has 0 saturated heterocycles. The average molecular weight is 601 g/mol. The van der Waals surface area contributed by atoms with Crippen LogP contribution in [-0.4, -0.2) is 52.6 Å². The molecule has 0 unspecified atom stereocenters. The van der Waals surface area contributed by atoms with Gasteiger partial charge in [-0.2, -0.15) is 0 Å². The maximum atomic E-state index is 14.7. The summed E-state index contributed by atoms with van der Waals surface area (Å²) in [5.41, 5.74) is 0.129. The minimum absolute atomic E-state index is 0.0117. The van der Waals surface area contributed by atoms with Crippen LogP contribution in [0.3, 0.4) is 0 Å². The third-order valence-electron chi connectivity index (χ3n) is 7.55. The molecule has 0 fully saturated rings. The lowest BCUT2D eigenvalue weighted by Crippen LogP contribution is -2.45. The highest BCUT2D eigenvalue weighted by Crippen LogP contribution is 2.41. The number of H-pyrrole nitrogens is 1. The molecule has 0 aliphatic carbocycles. The predicted molar refractivity (Wildman–Crippen MR) is 162 cm³/mol. The fourth-order valence-electron chi connectivity index (χ4n) is 4.26. The molecule has 0 aliphatic heterocycles.